The van der Waals surface area contributed by atoms with Crippen molar-refractivity contribution < 1.29 is 0 Å². The maximum atomic E-state index is 5.92. The Balaban J connectivity index is 2.21. The lowest BCUT2D eigenvalue weighted by Crippen LogP contribution is -2.12. The molecule has 1 heterocycles. The zero-order valence-electron chi connectivity index (χ0n) is 11.4. The zero-order chi connectivity index (χ0) is 13.8. The summed E-state index contributed by atoms with van der Waals surface area (Å²) in [5.74, 6) is 0.840. The number of aromatic nitrogens is 2. The molecule has 0 aliphatic heterocycles. The van der Waals surface area contributed by atoms with E-state index in [-0.39, 0.29) is 6.04 Å². The number of nitrogens with one attached hydrogen (secondary N) is 1. The smallest absolute Gasteiger partial charge is 0.152 e. The maximum absolute atomic E-state index is 5.92. The van der Waals surface area contributed by atoms with Gasteiger partial charge in [0.25, 0.3) is 0 Å². The Hall–Kier alpha value is -1.61. The predicted octanol–water partition coefficient (Wildman–Crippen LogP) is 4.31. The molecule has 0 aliphatic carbocycles. The molecule has 0 amide bonds. The van der Waals surface area contributed by atoms with Crippen LogP contribution in [0.5, 0.6) is 0 Å². The highest BCUT2D eigenvalue weighted by atomic mass is 35.5. The molecule has 1 atom stereocenters. The fraction of sp³-hybridized carbons (Fsp3) is 0.333. The van der Waals surface area contributed by atoms with Crippen molar-refractivity contribution in [2.45, 2.75) is 33.2 Å². The van der Waals surface area contributed by atoms with Gasteiger partial charge in [0.05, 0.1) is 11.7 Å². The van der Waals surface area contributed by atoms with Crippen LogP contribution in [0.15, 0.2) is 30.3 Å². The van der Waals surface area contributed by atoms with Gasteiger partial charge in [-0.2, -0.15) is 5.10 Å². The molecule has 1 aromatic carbocycles. The minimum atomic E-state index is 0.216. The van der Waals surface area contributed by atoms with Crippen molar-refractivity contribution in [3.63, 3.8) is 0 Å². The summed E-state index contributed by atoms with van der Waals surface area (Å²) in [6, 6.07) is 10.2. The van der Waals surface area contributed by atoms with Crippen molar-refractivity contribution >= 4 is 17.4 Å². The van der Waals surface area contributed by atoms with E-state index in [9.17, 15) is 0 Å². The summed E-state index contributed by atoms with van der Waals surface area (Å²) < 4.78 is 0. The number of hydrogen-bond acceptors (Lipinski definition) is 3. The predicted molar refractivity (Wildman–Crippen MR) is 79.6 cm³/mol. The van der Waals surface area contributed by atoms with E-state index in [0.717, 1.165) is 28.5 Å². The summed E-state index contributed by atoms with van der Waals surface area (Å²) in [5, 5.41) is 12.5. The second-order valence-corrected chi connectivity index (χ2v) is 5.11. The molecule has 1 N–H and O–H groups in total. The van der Waals surface area contributed by atoms with E-state index in [1.165, 1.54) is 5.56 Å². The molecular weight excluding hydrogens is 258 g/mol. The van der Waals surface area contributed by atoms with Crippen molar-refractivity contribution in [3.05, 3.63) is 52.2 Å². The van der Waals surface area contributed by atoms with Crippen LogP contribution in [0.4, 0.5) is 5.82 Å². The van der Waals surface area contributed by atoms with Crippen LogP contribution in [0.2, 0.25) is 5.02 Å². The van der Waals surface area contributed by atoms with Crippen LogP contribution in [0, 0.1) is 13.8 Å². The van der Waals surface area contributed by atoms with Gasteiger partial charge < -0.3 is 5.32 Å². The summed E-state index contributed by atoms with van der Waals surface area (Å²) in [7, 11) is 0. The molecule has 19 heavy (non-hydrogen) atoms. The van der Waals surface area contributed by atoms with E-state index in [2.05, 4.69) is 22.4 Å². The first kappa shape index (κ1) is 13.8. The van der Waals surface area contributed by atoms with Crippen LogP contribution < -0.4 is 5.32 Å². The third kappa shape index (κ3) is 3.44. The van der Waals surface area contributed by atoms with E-state index in [1.807, 2.05) is 44.2 Å². The number of hydrogen-bond donors (Lipinski definition) is 1. The summed E-state index contributed by atoms with van der Waals surface area (Å²) in [4.78, 5) is 0. The first-order chi connectivity index (χ1) is 9.10. The van der Waals surface area contributed by atoms with Crippen LogP contribution in [0.3, 0.4) is 0 Å². The fourth-order valence-corrected chi connectivity index (χ4v) is 2.17. The average molecular weight is 276 g/mol. The summed E-state index contributed by atoms with van der Waals surface area (Å²) >= 11 is 5.92. The second-order valence-electron chi connectivity index (χ2n) is 4.67. The molecule has 0 spiro atoms. The molecule has 2 rings (SSSR count). The van der Waals surface area contributed by atoms with Gasteiger partial charge in [-0.25, -0.2) is 0 Å². The molecule has 2 aromatic rings. The lowest BCUT2D eigenvalue weighted by atomic mass is 10.0. The van der Waals surface area contributed by atoms with Gasteiger partial charge in [0.2, 0.25) is 0 Å². The molecule has 0 saturated heterocycles. The van der Waals surface area contributed by atoms with Crippen LogP contribution in [0.1, 0.15) is 36.2 Å². The van der Waals surface area contributed by atoms with Crippen molar-refractivity contribution in [2.24, 2.45) is 0 Å². The van der Waals surface area contributed by atoms with Crippen molar-refractivity contribution in [3.8, 4) is 0 Å². The molecular formula is C15H18ClN3. The number of benzene rings is 1. The zero-order valence-corrected chi connectivity index (χ0v) is 12.2. The number of halogens is 1. The molecule has 0 saturated carbocycles. The molecule has 4 heteroatoms. The van der Waals surface area contributed by atoms with Crippen LogP contribution in [-0.2, 0) is 0 Å². The third-order valence-corrected chi connectivity index (χ3v) is 3.35. The van der Waals surface area contributed by atoms with Gasteiger partial charge >= 0.3 is 0 Å². The highest BCUT2D eigenvalue weighted by molar-refractivity contribution is 6.30. The lowest BCUT2D eigenvalue weighted by molar-refractivity contribution is 0.738. The number of nitrogens with zero attached hydrogens (tertiary/aromatic N) is 2. The Labute approximate surface area is 119 Å². The Morgan fingerprint density at radius 3 is 2.42 bits per heavy atom. The maximum Gasteiger partial charge on any atom is 0.152 e. The monoisotopic (exact) mass is 275 g/mol. The van der Waals surface area contributed by atoms with Gasteiger partial charge in [-0.1, -0.05) is 30.7 Å². The highest BCUT2D eigenvalue weighted by Gasteiger charge is 2.11. The van der Waals surface area contributed by atoms with Gasteiger partial charge in [0.15, 0.2) is 5.82 Å². The molecule has 0 aliphatic rings. The minimum absolute atomic E-state index is 0.216. The van der Waals surface area contributed by atoms with Crippen molar-refractivity contribution in [2.75, 3.05) is 5.32 Å². The summed E-state index contributed by atoms with van der Waals surface area (Å²) in [6.07, 6.45) is 0.969. The van der Waals surface area contributed by atoms with Gasteiger partial charge in [-0.3, -0.25) is 0 Å². The van der Waals surface area contributed by atoms with E-state index >= 15 is 0 Å². The van der Waals surface area contributed by atoms with Crippen LogP contribution in [-0.4, -0.2) is 10.2 Å². The first-order valence-electron chi connectivity index (χ1n) is 6.43. The Kier molecular flexibility index (Phi) is 4.38. The lowest BCUT2D eigenvalue weighted by Gasteiger charge is -2.19. The normalized spacial score (nSPS) is 12.2. The van der Waals surface area contributed by atoms with E-state index < -0.39 is 0 Å². The molecule has 0 radical (unpaired) electrons. The van der Waals surface area contributed by atoms with Gasteiger partial charge in [0.1, 0.15) is 0 Å². The van der Waals surface area contributed by atoms with Crippen molar-refractivity contribution in [1.82, 2.24) is 10.2 Å². The van der Waals surface area contributed by atoms with E-state index in [1.54, 1.807) is 0 Å². The van der Waals surface area contributed by atoms with Crippen LogP contribution >= 0.6 is 11.6 Å². The Morgan fingerprint density at radius 1 is 1.16 bits per heavy atom. The molecule has 1 aromatic heterocycles. The molecule has 3 nitrogen and oxygen atoms in total. The Morgan fingerprint density at radius 2 is 1.84 bits per heavy atom. The molecule has 0 unspecified atom stereocenters. The SMILES string of the molecule is CC[C@H](Nc1nnc(C)cc1C)c1ccc(Cl)cc1. The van der Waals surface area contributed by atoms with Crippen molar-refractivity contribution in [1.29, 1.82) is 0 Å². The van der Waals surface area contributed by atoms with Gasteiger partial charge in [0, 0.05) is 5.02 Å². The quantitative estimate of drug-likeness (QED) is 0.903. The highest BCUT2D eigenvalue weighted by Crippen LogP contribution is 2.24. The molecule has 0 fully saturated rings. The van der Waals surface area contributed by atoms with Gasteiger partial charge in [-0.05, 0) is 49.6 Å². The largest absolute Gasteiger partial charge is 0.362 e. The molecule has 100 valence electrons. The molecule has 0 bridgehead atoms. The third-order valence-electron chi connectivity index (χ3n) is 3.10. The second kappa shape index (κ2) is 6.02. The van der Waals surface area contributed by atoms with E-state index in [4.69, 9.17) is 11.6 Å². The Bertz CT molecular complexity index is 552. The summed E-state index contributed by atoms with van der Waals surface area (Å²) in [5.41, 5.74) is 3.25. The average Bonchev–Trinajstić information content (AvgIpc) is 2.39. The minimum Gasteiger partial charge on any atom is -0.362 e. The topological polar surface area (TPSA) is 37.8 Å². The fourth-order valence-electron chi connectivity index (χ4n) is 2.04. The first-order valence-corrected chi connectivity index (χ1v) is 6.81. The summed E-state index contributed by atoms with van der Waals surface area (Å²) in [6.45, 7) is 6.13. The number of rotatable bonds is 4. The number of anilines is 1. The van der Waals surface area contributed by atoms with Gasteiger partial charge in [-0.15, -0.1) is 5.10 Å². The van der Waals surface area contributed by atoms with E-state index in [0.29, 0.717) is 0 Å². The number of aryl methyl sites for hydroxylation is 2. The van der Waals surface area contributed by atoms with Crippen LogP contribution in [0.25, 0.3) is 0 Å². The standard InChI is InChI=1S/C15H18ClN3/c1-4-14(12-5-7-13(16)8-6-12)17-15-10(2)9-11(3)18-19-15/h5-9,14H,4H2,1-3H3,(H,17,19)/t14-/m0/s1.